The zero-order valence-corrected chi connectivity index (χ0v) is 11.1. The van der Waals surface area contributed by atoms with Crippen molar-refractivity contribution in [2.24, 2.45) is 23.7 Å². The van der Waals surface area contributed by atoms with Crippen molar-refractivity contribution in [1.82, 2.24) is 0 Å². The Morgan fingerprint density at radius 3 is 2.71 bits per heavy atom. The molecule has 0 aliphatic heterocycles. The van der Waals surface area contributed by atoms with Crippen LogP contribution in [0.25, 0.3) is 0 Å². The van der Waals surface area contributed by atoms with E-state index in [0.29, 0.717) is 23.7 Å². The largest absolute Gasteiger partial charge is 0.396 e. The third-order valence-electron chi connectivity index (χ3n) is 4.73. The number of aliphatic hydroxyl groups excluding tert-OH is 2. The fraction of sp³-hybridized carbons (Fsp3) is 0.733. The minimum atomic E-state index is -0.275. The summed E-state index contributed by atoms with van der Waals surface area (Å²) in [6, 6.07) is 0. The molecule has 5 atom stereocenters. The van der Waals surface area contributed by atoms with Crippen molar-refractivity contribution in [3.8, 4) is 0 Å². The maximum atomic E-state index is 9.97. The minimum Gasteiger partial charge on any atom is -0.396 e. The van der Waals surface area contributed by atoms with Crippen LogP contribution in [0.15, 0.2) is 23.3 Å². The smallest absolute Gasteiger partial charge is 0.0753 e. The van der Waals surface area contributed by atoms with Crippen LogP contribution in [0.4, 0.5) is 0 Å². The minimum absolute atomic E-state index is 0.260. The molecule has 0 unspecified atom stereocenters. The molecule has 2 aliphatic carbocycles. The molecule has 0 bridgehead atoms. The molecule has 0 saturated heterocycles. The van der Waals surface area contributed by atoms with Gasteiger partial charge in [-0.05, 0) is 55.9 Å². The fourth-order valence-electron chi connectivity index (χ4n) is 3.40. The standard InChI is InChI=1S/C15H24O2/c1-9-4-5-12(11(3)8-16)14-6-10(2)15(17)7-13(9)14/h4,6,11-17H,5,7-8H2,1-3H3/t11-,12-,13+,14-,15-/m1/s1. The van der Waals surface area contributed by atoms with Gasteiger partial charge in [0.2, 0.25) is 0 Å². The predicted molar refractivity (Wildman–Crippen MR) is 69.5 cm³/mol. The van der Waals surface area contributed by atoms with Crippen molar-refractivity contribution >= 4 is 0 Å². The number of rotatable bonds is 2. The van der Waals surface area contributed by atoms with Gasteiger partial charge in [-0.1, -0.05) is 24.6 Å². The Hall–Kier alpha value is -0.600. The van der Waals surface area contributed by atoms with Gasteiger partial charge in [-0.2, -0.15) is 0 Å². The first kappa shape index (κ1) is 12.8. The Morgan fingerprint density at radius 1 is 1.35 bits per heavy atom. The summed E-state index contributed by atoms with van der Waals surface area (Å²) in [5.41, 5.74) is 2.52. The first-order chi connectivity index (χ1) is 8.04. The summed E-state index contributed by atoms with van der Waals surface area (Å²) in [6.07, 6.45) is 6.20. The molecule has 96 valence electrons. The second kappa shape index (κ2) is 4.95. The molecule has 0 amide bonds. The lowest BCUT2D eigenvalue weighted by atomic mass is 9.63. The van der Waals surface area contributed by atoms with Gasteiger partial charge in [-0.25, -0.2) is 0 Å². The number of allylic oxidation sites excluding steroid dienone is 3. The highest BCUT2D eigenvalue weighted by atomic mass is 16.3. The van der Waals surface area contributed by atoms with Crippen LogP contribution in [0.2, 0.25) is 0 Å². The van der Waals surface area contributed by atoms with E-state index in [4.69, 9.17) is 0 Å². The van der Waals surface area contributed by atoms with E-state index in [9.17, 15) is 10.2 Å². The van der Waals surface area contributed by atoms with Gasteiger partial charge in [0, 0.05) is 6.61 Å². The maximum absolute atomic E-state index is 9.97. The molecule has 17 heavy (non-hydrogen) atoms. The van der Waals surface area contributed by atoms with Crippen molar-refractivity contribution in [1.29, 1.82) is 0 Å². The average molecular weight is 236 g/mol. The van der Waals surface area contributed by atoms with Crippen LogP contribution in [0.1, 0.15) is 33.6 Å². The third kappa shape index (κ3) is 2.34. The highest BCUT2D eigenvalue weighted by molar-refractivity contribution is 5.23. The summed E-state index contributed by atoms with van der Waals surface area (Å²) in [5, 5.41) is 19.3. The lowest BCUT2D eigenvalue weighted by Gasteiger charge is -2.42. The van der Waals surface area contributed by atoms with Crippen molar-refractivity contribution < 1.29 is 10.2 Å². The van der Waals surface area contributed by atoms with Crippen LogP contribution in [-0.4, -0.2) is 22.9 Å². The Balaban J connectivity index is 2.29. The van der Waals surface area contributed by atoms with Crippen LogP contribution in [-0.2, 0) is 0 Å². The Labute approximate surface area is 104 Å². The van der Waals surface area contributed by atoms with Crippen LogP contribution < -0.4 is 0 Å². The van der Waals surface area contributed by atoms with Gasteiger partial charge in [0.15, 0.2) is 0 Å². The summed E-state index contributed by atoms with van der Waals surface area (Å²) in [7, 11) is 0. The summed E-state index contributed by atoms with van der Waals surface area (Å²) in [5.74, 6) is 1.84. The maximum Gasteiger partial charge on any atom is 0.0753 e. The SMILES string of the molecule is CC1=C[C@@H]2[C@@H]([C@H](C)CO)CC=C(C)[C@@H]2C[C@H]1O. The van der Waals surface area contributed by atoms with E-state index >= 15 is 0 Å². The van der Waals surface area contributed by atoms with E-state index in [0.717, 1.165) is 18.4 Å². The first-order valence-electron chi connectivity index (χ1n) is 6.68. The number of hydrogen-bond acceptors (Lipinski definition) is 2. The Morgan fingerprint density at radius 2 is 2.06 bits per heavy atom. The molecule has 2 nitrogen and oxygen atoms in total. The topological polar surface area (TPSA) is 40.5 Å². The monoisotopic (exact) mass is 236 g/mol. The Kier molecular flexibility index (Phi) is 3.74. The molecule has 0 spiro atoms. The van der Waals surface area contributed by atoms with E-state index in [1.165, 1.54) is 5.57 Å². The molecule has 0 radical (unpaired) electrons. The average Bonchev–Trinajstić information content (AvgIpc) is 2.31. The molecular weight excluding hydrogens is 212 g/mol. The van der Waals surface area contributed by atoms with E-state index in [-0.39, 0.29) is 12.7 Å². The van der Waals surface area contributed by atoms with Crippen molar-refractivity contribution in [3.05, 3.63) is 23.3 Å². The molecule has 2 heteroatoms. The van der Waals surface area contributed by atoms with E-state index in [1.807, 2.05) is 6.92 Å². The molecular formula is C15H24O2. The van der Waals surface area contributed by atoms with E-state index in [2.05, 4.69) is 26.0 Å². The van der Waals surface area contributed by atoms with Gasteiger partial charge >= 0.3 is 0 Å². The molecule has 0 fully saturated rings. The van der Waals surface area contributed by atoms with E-state index < -0.39 is 0 Å². The predicted octanol–water partition coefficient (Wildman–Crippen LogP) is 2.52. The summed E-state index contributed by atoms with van der Waals surface area (Å²) < 4.78 is 0. The molecule has 0 aromatic carbocycles. The van der Waals surface area contributed by atoms with Gasteiger partial charge < -0.3 is 10.2 Å². The zero-order chi connectivity index (χ0) is 12.6. The lowest BCUT2D eigenvalue weighted by Crippen LogP contribution is -2.37. The highest BCUT2D eigenvalue weighted by Crippen LogP contribution is 2.45. The van der Waals surface area contributed by atoms with Crippen LogP contribution in [0.3, 0.4) is 0 Å². The quantitative estimate of drug-likeness (QED) is 0.723. The second-order valence-corrected chi connectivity index (χ2v) is 5.85. The van der Waals surface area contributed by atoms with Crippen LogP contribution in [0.5, 0.6) is 0 Å². The van der Waals surface area contributed by atoms with Crippen LogP contribution >= 0.6 is 0 Å². The molecule has 2 rings (SSSR count). The van der Waals surface area contributed by atoms with Crippen molar-refractivity contribution in [3.63, 3.8) is 0 Å². The molecule has 2 N–H and O–H groups in total. The van der Waals surface area contributed by atoms with Gasteiger partial charge in [0.1, 0.15) is 0 Å². The normalized spacial score (nSPS) is 39.1. The van der Waals surface area contributed by atoms with E-state index in [1.54, 1.807) is 0 Å². The van der Waals surface area contributed by atoms with Crippen LogP contribution in [0, 0.1) is 23.7 Å². The molecule has 2 aliphatic rings. The Bertz CT molecular complexity index is 343. The number of hydrogen-bond donors (Lipinski definition) is 2. The zero-order valence-electron chi connectivity index (χ0n) is 11.1. The third-order valence-corrected chi connectivity index (χ3v) is 4.73. The fourth-order valence-corrected chi connectivity index (χ4v) is 3.40. The number of aliphatic hydroxyl groups is 2. The lowest BCUT2D eigenvalue weighted by molar-refractivity contribution is 0.0992. The molecule has 0 saturated carbocycles. The van der Waals surface area contributed by atoms with Gasteiger partial charge in [0.25, 0.3) is 0 Å². The van der Waals surface area contributed by atoms with Gasteiger partial charge in [-0.3, -0.25) is 0 Å². The molecule has 0 heterocycles. The number of fused-ring (bicyclic) bond motifs is 1. The van der Waals surface area contributed by atoms with Gasteiger partial charge in [-0.15, -0.1) is 0 Å². The van der Waals surface area contributed by atoms with Crippen molar-refractivity contribution in [2.45, 2.75) is 39.7 Å². The summed E-state index contributed by atoms with van der Waals surface area (Å²) in [4.78, 5) is 0. The second-order valence-electron chi connectivity index (χ2n) is 5.85. The highest BCUT2D eigenvalue weighted by Gasteiger charge is 2.38. The van der Waals surface area contributed by atoms with Crippen molar-refractivity contribution in [2.75, 3.05) is 6.61 Å². The molecule has 0 aromatic heterocycles. The summed E-state index contributed by atoms with van der Waals surface area (Å²) >= 11 is 0. The molecule has 0 aromatic rings. The van der Waals surface area contributed by atoms with Gasteiger partial charge in [0.05, 0.1) is 6.10 Å². The summed E-state index contributed by atoms with van der Waals surface area (Å²) in [6.45, 7) is 6.59. The first-order valence-corrected chi connectivity index (χ1v) is 6.68.